The van der Waals surface area contributed by atoms with Crippen LogP contribution < -0.4 is 5.32 Å². The average Bonchev–Trinajstić information content (AvgIpc) is 3.49. The molecule has 1 spiro atoms. The largest absolute Gasteiger partial charge is 0.461 e. The van der Waals surface area contributed by atoms with Gasteiger partial charge >= 0.3 is 0 Å². The van der Waals surface area contributed by atoms with Crippen LogP contribution in [-0.2, 0) is 16.0 Å². The first kappa shape index (κ1) is 19.1. The predicted octanol–water partition coefficient (Wildman–Crippen LogP) is 4.00. The highest BCUT2D eigenvalue weighted by Gasteiger charge is 2.47. The number of benzene rings is 1. The zero-order valence-electron chi connectivity index (χ0n) is 17.4. The van der Waals surface area contributed by atoms with Gasteiger partial charge in [-0.3, -0.25) is 9.69 Å². The lowest BCUT2D eigenvalue weighted by molar-refractivity contribution is -0.119. The summed E-state index contributed by atoms with van der Waals surface area (Å²) in [4.78, 5) is 14.6. The summed E-state index contributed by atoms with van der Waals surface area (Å²) < 4.78 is 12.7. The first-order valence-electron chi connectivity index (χ1n) is 11.3. The number of nitrogens with zero attached hydrogens (tertiary/aromatic N) is 1. The second kappa shape index (κ2) is 7.77. The van der Waals surface area contributed by atoms with E-state index in [0.29, 0.717) is 18.4 Å². The molecule has 0 radical (unpaired) electrons. The van der Waals surface area contributed by atoms with E-state index in [2.05, 4.69) is 16.3 Å². The number of carbonyl (C=O) groups is 1. The van der Waals surface area contributed by atoms with Crippen LogP contribution in [0.25, 0.3) is 11.0 Å². The summed E-state index contributed by atoms with van der Waals surface area (Å²) in [6, 6.07) is 8.77. The fourth-order valence-corrected chi connectivity index (χ4v) is 5.88. The Kier molecular flexibility index (Phi) is 5.12. The van der Waals surface area contributed by atoms with Crippen LogP contribution in [0.3, 0.4) is 0 Å². The van der Waals surface area contributed by atoms with Gasteiger partial charge in [-0.1, -0.05) is 12.1 Å². The number of amides is 1. The molecule has 2 saturated heterocycles. The second-order valence-corrected chi connectivity index (χ2v) is 9.12. The molecule has 3 fully saturated rings. The molecule has 156 valence electrons. The maximum Gasteiger partial charge on any atom is 0.224 e. The third-order valence-electron chi connectivity index (χ3n) is 7.42. The summed E-state index contributed by atoms with van der Waals surface area (Å²) in [5.74, 6) is 1.53. The van der Waals surface area contributed by atoms with Gasteiger partial charge in [-0.2, -0.15) is 0 Å². The van der Waals surface area contributed by atoms with Gasteiger partial charge in [0.15, 0.2) is 0 Å². The van der Waals surface area contributed by atoms with Crippen molar-refractivity contribution in [3.05, 3.63) is 35.6 Å². The standard InChI is InChI=1S/C24H32N2O3/c1-25-23(27)14-17-6-4-7-21-19(17)15-22(29-21)18-8-10-24(9-5-13-28-24)16-20(18)26-11-2-3-12-26/h4,6-7,15,18,20H,2-3,5,8-14,16H2,1H3,(H,25,27). The number of likely N-dealkylation sites (tertiary alicyclic amines) is 1. The fraction of sp³-hybridized carbons (Fsp3) is 0.625. The van der Waals surface area contributed by atoms with E-state index >= 15 is 0 Å². The van der Waals surface area contributed by atoms with Gasteiger partial charge in [-0.15, -0.1) is 0 Å². The Morgan fingerprint density at radius 2 is 2.10 bits per heavy atom. The van der Waals surface area contributed by atoms with Gasteiger partial charge in [-0.05, 0) is 75.7 Å². The molecule has 1 saturated carbocycles. The maximum absolute atomic E-state index is 11.9. The van der Waals surface area contributed by atoms with Crippen LogP contribution in [0.1, 0.15) is 62.2 Å². The lowest BCUT2D eigenvalue weighted by Gasteiger charge is -2.45. The van der Waals surface area contributed by atoms with Crippen molar-refractivity contribution in [1.29, 1.82) is 0 Å². The Labute approximate surface area is 172 Å². The van der Waals surface area contributed by atoms with Gasteiger partial charge in [0.25, 0.3) is 0 Å². The van der Waals surface area contributed by atoms with E-state index < -0.39 is 0 Å². The fourth-order valence-electron chi connectivity index (χ4n) is 5.88. The van der Waals surface area contributed by atoms with Gasteiger partial charge in [-0.25, -0.2) is 0 Å². The van der Waals surface area contributed by atoms with Gasteiger partial charge in [0, 0.05) is 31.0 Å². The zero-order valence-corrected chi connectivity index (χ0v) is 17.4. The highest BCUT2D eigenvalue weighted by atomic mass is 16.5. The molecule has 3 heterocycles. The molecule has 2 aromatic rings. The van der Waals surface area contributed by atoms with Crippen LogP contribution in [-0.4, -0.2) is 49.2 Å². The van der Waals surface area contributed by atoms with Crippen molar-refractivity contribution < 1.29 is 13.9 Å². The van der Waals surface area contributed by atoms with Gasteiger partial charge in [0.2, 0.25) is 5.91 Å². The second-order valence-electron chi connectivity index (χ2n) is 9.12. The average molecular weight is 397 g/mol. The predicted molar refractivity (Wildman–Crippen MR) is 113 cm³/mol. The minimum absolute atomic E-state index is 0.0354. The van der Waals surface area contributed by atoms with Crippen LogP contribution in [0.5, 0.6) is 0 Å². The number of likely N-dealkylation sites (N-methyl/N-ethyl adjacent to an activating group) is 1. The number of hydrogen-bond acceptors (Lipinski definition) is 4. The highest BCUT2D eigenvalue weighted by molar-refractivity contribution is 5.88. The summed E-state index contributed by atoms with van der Waals surface area (Å²) in [6.45, 7) is 3.31. The molecule has 5 rings (SSSR count). The smallest absolute Gasteiger partial charge is 0.224 e. The van der Waals surface area contributed by atoms with Gasteiger partial charge in [0.1, 0.15) is 11.3 Å². The molecule has 29 heavy (non-hydrogen) atoms. The SMILES string of the molecule is CNC(=O)Cc1cccc2oc(C3CCC4(CCCO4)CC3N3CCCC3)cc12. The molecule has 3 atom stereocenters. The summed E-state index contributed by atoms with van der Waals surface area (Å²) in [5.41, 5.74) is 2.04. The summed E-state index contributed by atoms with van der Waals surface area (Å²) in [7, 11) is 1.69. The zero-order chi connectivity index (χ0) is 19.8. The van der Waals surface area contributed by atoms with E-state index in [1.807, 2.05) is 18.2 Å². The summed E-state index contributed by atoms with van der Waals surface area (Å²) in [6.07, 6.45) is 8.77. The number of furan rings is 1. The Hall–Kier alpha value is -1.85. The van der Waals surface area contributed by atoms with Crippen LogP contribution >= 0.6 is 0 Å². The Balaban J connectivity index is 1.47. The Morgan fingerprint density at radius 1 is 1.24 bits per heavy atom. The molecule has 3 unspecified atom stereocenters. The molecule has 1 N–H and O–H groups in total. The Morgan fingerprint density at radius 3 is 2.86 bits per heavy atom. The first-order chi connectivity index (χ1) is 14.2. The lowest BCUT2D eigenvalue weighted by atomic mass is 9.72. The summed E-state index contributed by atoms with van der Waals surface area (Å²) in [5, 5.41) is 3.82. The van der Waals surface area contributed by atoms with E-state index in [1.54, 1.807) is 7.05 Å². The minimum Gasteiger partial charge on any atom is -0.461 e. The molecular weight excluding hydrogens is 364 g/mol. The molecule has 1 aliphatic carbocycles. The van der Waals surface area contributed by atoms with Crippen LogP contribution in [0.15, 0.2) is 28.7 Å². The summed E-state index contributed by atoms with van der Waals surface area (Å²) >= 11 is 0. The molecule has 5 heteroatoms. The van der Waals surface area contributed by atoms with Crippen LogP contribution in [0.2, 0.25) is 0 Å². The quantitative estimate of drug-likeness (QED) is 0.849. The normalized spacial score (nSPS) is 30.4. The van der Waals surface area contributed by atoms with Crippen LogP contribution in [0.4, 0.5) is 0 Å². The molecule has 0 bridgehead atoms. The number of fused-ring (bicyclic) bond motifs is 1. The monoisotopic (exact) mass is 396 g/mol. The maximum atomic E-state index is 11.9. The van der Waals surface area contributed by atoms with Crippen molar-refractivity contribution in [3.8, 4) is 0 Å². The number of nitrogens with one attached hydrogen (secondary N) is 1. The highest BCUT2D eigenvalue weighted by Crippen LogP contribution is 2.48. The van der Waals surface area contributed by atoms with E-state index in [4.69, 9.17) is 9.15 Å². The van der Waals surface area contributed by atoms with E-state index in [9.17, 15) is 4.79 Å². The molecule has 1 aromatic heterocycles. The number of carbonyl (C=O) groups excluding carboxylic acids is 1. The molecule has 5 nitrogen and oxygen atoms in total. The third kappa shape index (κ3) is 3.59. The van der Waals surface area contributed by atoms with Crippen molar-refractivity contribution in [2.24, 2.45) is 0 Å². The van der Waals surface area contributed by atoms with E-state index in [-0.39, 0.29) is 11.5 Å². The third-order valence-corrected chi connectivity index (χ3v) is 7.42. The first-order valence-corrected chi connectivity index (χ1v) is 11.3. The minimum atomic E-state index is 0.0354. The molecule has 2 aliphatic heterocycles. The van der Waals surface area contributed by atoms with Crippen molar-refractivity contribution in [2.75, 3.05) is 26.7 Å². The van der Waals surface area contributed by atoms with Crippen molar-refractivity contribution in [3.63, 3.8) is 0 Å². The molecule has 1 amide bonds. The lowest BCUT2D eigenvalue weighted by Crippen LogP contribution is -2.48. The van der Waals surface area contributed by atoms with E-state index in [0.717, 1.165) is 48.2 Å². The number of rotatable bonds is 4. The molecule has 3 aliphatic rings. The van der Waals surface area contributed by atoms with Gasteiger partial charge < -0.3 is 14.5 Å². The van der Waals surface area contributed by atoms with Crippen molar-refractivity contribution >= 4 is 16.9 Å². The van der Waals surface area contributed by atoms with Crippen LogP contribution in [0, 0.1) is 0 Å². The number of ether oxygens (including phenoxy) is 1. The number of hydrogen-bond donors (Lipinski definition) is 1. The topological polar surface area (TPSA) is 54.7 Å². The van der Waals surface area contributed by atoms with Gasteiger partial charge in [0.05, 0.1) is 12.0 Å². The van der Waals surface area contributed by atoms with Crippen molar-refractivity contribution in [1.82, 2.24) is 10.2 Å². The van der Waals surface area contributed by atoms with E-state index in [1.165, 1.54) is 38.8 Å². The Bertz CT molecular complexity index is 877. The van der Waals surface area contributed by atoms with Crippen molar-refractivity contribution in [2.45, 2.75) is 68.9 Å². The molecular formula is C24H32N2O3. The molecule has 1 aromatic carbocycles.